The Morgan fingerprint density at radius 3 is 2.80 bits per heavy atom. The lowest BCUT2D eigenvalue weighted by Crippen LogP contribution is -2.13. The number of esters is 1. The second kappa shape index (κ2) is 3.85. The van der Waals surface area contributed by atoms with Gasteiger partial charge in [0.25, 0.3) is 0 Å². The van der Waals surface area contributed by atoms with E-state index in [0.29, 0.717) is 16.5 Å². The lowest BCUT2D eigenvalue weighted by atomic mass is 10.1. The SMILES string of the molecule is CC(C)OC(=O)c1c(C2CC2)csc1N. The number of anilines is 1. The van der Waals surface area contributed by atoms with Crippen LogP contribution < -0.4 is 5.73 Å². The molecule has 3 nitrogen and oxygen atoms in total. The van der Waals surface area contributed by atoms with Gasteiger partial charge < -0.3 is 10.5 Å². The molecular weight excluding hydrogens is 210 g/mol. The van der Waals surface area contributed by atoms with Crippen LogP contribution in [-0.2, 0) is 4.74 Å². The molecule has 0 aromatic carbocycles. The van der Waals surface area contributed by atoms with Gasteiger partial charge in [-0.2, -0.15) is 0 Å². The maximum absolute atomic E-state index is 11.8. The molecule has 2 rings (SSSR count). The number of rotatable bonds is 3. The van der Waals surface area contributed by atoms with Crippen LogP contribution in [0.4, 0.5) is 5.00 Å². The van der Waals surface area contributed by atoms with E-state index in [0.717, 1.165) is 18.4 Å². The first-order chi connectivity index (χ1) is 7.09. The predicted octanol–water partition coefficient (Wildman–Crippen LogP) is 2.77. The van der Waals surface area contributed by atoms with Gasteiger partial charge in [-0.15, -0.1) is 11.3 Å². The maximum Gasteiger partial charge on any atom is 0.341 e. The van der Waals surface area contributed by atoms with E-state index in [1.54, 1.807) is 0 Å². The van der Waals surface area contributed by atoms with E-state index < -0.39 is 0 Å². The van der Waals surface area contributed by atoms with Crippen LogP contribution in [0.2, 0.25) is 0 Å². The molecule has 1 aliphatic carbocycles. The summed E-state index contributed by atoms with van der Waals surface area (Å²) in [4.78, 5) is 11.8. The van der Waals surface area contributed by atoms with Crippen molar-refractivity contribution in [1.82, 2.24) is 0 Å². The molecule has 1 aromatic rings. The van der Waals surface area contributed by atoms with Crippen molar-refractivity contribution in [2.45, 2.75) is 38.7 Å². The Bertz CT molecular complexity index is 380. The topological polar surface area (TPSA) is 52.3 Å². The molecule has 0 bridgehead atoms. The summed E-state index contributed by atoms with van der Waals surface area (Å²) in [5, 5.41) is 2.58. The Hall–Kier alpha value is -1.03. The van der Waals surface area contributed by atoms with Crippen LogP contribution in [0, 0.1) is 0 Å². The number of carbonyl (C=O) groups is 1. The van der Waals surface area contributed by atoms with Gasteiger partial charge in [0, 0.05) is 0 Å². The summed E-state index contributed by atoms with van der Waals surface area (Å²) in [5.41, 5.74) is 7.50. The lowest BCUT2D eigenvalue weighted by Gasteiger charge is -2.08. The normalized spacial score (nSPS) is 15.7. The molecule has 0 unspecified atom stereocenters. The van der Waals surface area contributed by atoms with E-state index >= 15 is 0 Å². The van der Waals surface area contributed by atoms with Crippen LogP contribution >= 0.6 is 11.3 Å². The van der Waals surface area contributed by atoms with Crippen molar-refractivity contribution in [1.29, 1.82) is 0 Å². The third-order valence-electron chi connectivity index (χ3n) is 2.41. The zero-order chi connectivity index (χ0) is 11.0. The summed E-state index contributed by atoms with van der Waals surface area (Å²) in [6.45, 7) is 3.69. The molecule has 0 spiro atoms. The molecule has 0 saturated heterocycles. The lowest BCUT2D eigenvalue weighted by molar-refractivity contribution is 0.0378. The molecule has 1 saturated carbocycles. The van der Waals surface area contributed by atoms with Crippen LogP contribution in [0.5, 0.6) is 0 Å². The van der Waals surface area contributed by atoms with Crippen LogP contribution in [0.25, 0.3) is 0 Å². The Morgan fingerprint density at radius 1 is 1.60 bits per heavy atom. The fourth-order valence-corrected chi connectivity index (χ4v) is 2.46. The summed E-state index contributed by atoms with van der Waals surface area (Å²) in [6, 6.07) is 0. The van der Waals surface area contributed by atoms with Crippen molar-refractivity contribution in [2.75, 3.05) is 5.73 Å². The summed E-state index contributed by atoms with van der Waals surface area (Å²) >= 11 is 1.43. The Balaban J connectivity index is 2.25. The van der Waals surface area contributed by atoms with Gasteiger partial charge in [0.05, 0.1) is 11.7 Å². The molecule has 1 aromatic heterocycles. The standard InChI is InChI=1S/C11H15NO2S/c1-6(2)14-11(13)9-8(7-3-4-7)5-15-10(9)12/h5-7H,3-4,12H2,1-2H3. The molecule has 1 heterocycles. The molecule has 4 heteroatoms. The van der Waals surface area contributed by atoms with Crippen LogP contribution in [0.1, 0.15) is 48.5 Å². The molecular formula is C11H15NO2S. The van der Waals surface area contributed by atoms with Gasteiger partial charge in [-0.25, -0.2) is 4.79 Å². The fraction of sp³-hybridized carbons (Fsp3) is 0.545. The number of hydrogen-bond donors (Lipinski definition) is 1. The number of nitrogen functional groups attached to an aromatic ring is 1. The van der Waals surface area contributed by atoms with E-state index in [1.807, 2.05) is 19.2 Å². The first kappa shape index (κ1) is 10.5. The highest BCUT2D eigenvalue weighted by Crippen LogP contribution is 2.45. The summed E-state index contributed by atoms with van der Waals surface area (Å²) in [5.74, 6) is 0.263. The first-order valence-corrected chi connectivity index (χ1v) is 6.05. The third kappa shape index (κ3) is 2.15. The number of nitrogens with two attached hydrogens (primary N) is 1. The van der Waals surface area contributed by atoms with E-state index in [-0.39, 0.29) is 12.1 Å². The molecule has 0 amide bonds. The quantitative estimate of drug-likeness (QED) is 0.805. The van der Waals surface area contributed by atoms with Gasteiger partial charge in [-0.05, 0) is 43.6 Å². The summed E-state index contributed by atoms with van der Waals surface area (Å²) < 4.78 is 5.18. The van der Waals surface area contributed by atoms with Crippen LogP contribution in [0.15, 0.2) is 5.38 Å². The van der Waals surface area contributed by atoms with E-state index in [4.69, 9.17) is 10.5 Å². The Kier molecular flexibility index (Phi) is 2.69. The van der Waals surface area contributed by atoms with Gasteiger partial charge in [0.15, 0.2) is 0 Å². The second-order valence-electron chi connectivity index (χ2n) is 4.16. The molecule has 0 aliphatic heterocycles. The third-order valence-corrected chi connectivity index (χ3v) is 3.24. The minimum Gasteiger partial charge on any atom is -0.459 e. The summed E-state index contributed by atoms with van der Waals surface area (Å²) in [6.07, 6.45) is 2.24. The molecule has 0 atom stereocenters. The molecule has 15 heavy (non-hydrogen) atoms. The largest absolute Gasteiger partial charge is 0.459 e. The minimum atomic E-state index is -0.273. The smallest absolute Gasteiger partial charge is 0.341 e. The maximum atomic E-state index is 11.8. The van der Waals surface area contributed by atoms with Crippen molar-refractivity contribution in [3.8, 4) is 0 Å². The molecule has 0 radical (unpaired) electrons. The van der Waals surface area contributed by atoms with Gasteiger partial charge in [-0.1, -0.05) is 0 Å². The van der Waals surface area contributed by atoms with Gasteiger partial charge >= 0.3 is 5.97 Å². The second-order valence-corrected chi connectivity index (χ2v) is 5.07. The summed E-state index contributed by atoms with van der Waals surface area (Å²) in [7, 11) is 0. The highest BCUT2D eigenvalue weighted by Gasteiger charge is 2.31. The van der Waals surface area contributed by atoms with E-state index in [2.05, 4.69) is 0 Å². The van der Waals surface area contributed by atoms with Gasteiger partial charge in [0.2, 0.25) is 0 Å². The highest BCUT2D eigenvalue weighted by molar-refractivity contribution is 7.14. The monoisotopic (exact) mass is 225 g/mol. The first-order valence-electron chi connectivity index (χ1n) is 5.17. The predicted molar refractivity (Wildman–Crippen MR) is 61.3 cm³/mol. The average Bonchev–Trinajstić information content (AvgIpc) is 2.89. The fourth-order valence-electron chi connectivity index (χ4n) is 1.57. The van der Waals surface area contributed by atoms with Crippen molar-refractivity contribution in [3.63, 3.8) is 0 Å². The highest BCUT2D eigenvalue weighted by atomic mass is 32.1. The molecule has 1 fully saturated rings. The Morgan fingerprint density at radius 2 is 2.27 bits per heavy atom. The number of thiophene rings is 1. The molecule has 1 aliphatic rings. The van der Waals surface area contributed by atoms with Crippen molar-refractivity contribution < 1.29 is 9.53 Å². The zero-order valence-corrected chi connectivity index (χ0v) is 9.76. The Labute approximate surface area is 93.2 Å². The molecule has 2 N–H and O–H groups in total. The van der Waals surface area contributed by atoms with Crippen molar-refractivity contribution in [2.24, 2.45) is 0 Å². The van der Waals surface area contributed by atoms with E-state index in [9.17, 15) is 4.79 Å². The van der Waals surface area contributed by atoms with Crippen LogP contribution in [-0.4, -0.2) is 12.1 Å². The number of hydrogen-bond acceptors (Lipinski definition) is 4. The van der Waals surface area contributed by atoms with E-state index in [1.165, 1.54) is 11.3 Å². The average molecular weight is 225 g/mol. The minimum absolute atomic E-state index is 0.0937. The number of carbonyl (C=O) groups excluding carboxylic acids is 1. The van der Waals surface area contributed by atoms with Crippen LogP contribution in [0.3, 0.4) is 0 Å². The zero-order valence-electron chi connectivity index (χ0n) is 8.95. The molecule has 82 valence electrons. The van der Waals surface area contributed by atoms with Gasteiger partial charge in [0.1, 0.15) is 5.00 Å². The van der Waals surface area contributed by atoms with Crippen molar-refractivity contribution >= 4 is 22.3 Å². The van der Waals surface area contributed by atoms with Gasteiger partial charge in [-0.3, -0.25) is 0 Å². The van der Waals surface area contributed by atoms with Crippen molar-refractivity contribution in [3.05, 3.63) is 16.5 Å². The number of ether oxygens (including phenoxy) is 1.